The maximum Gasteiger partial charge on any atom is 0.120 e. The quantitative estimate of drug-likeness (QED) is 0.678. The highest BCUT2D eigenvalue weighted by atomic mass is 32.1. The number of hydrogen-bond donors (Lipinski definition) is 1. The highest BCUT2D eigenvalue weighted by molar-refractivity contribution is 7.80. The summed E-state index contributed by atoms with van der Waals surface area (Å²) in [6.07, 6.45) is 9.63. The standard InChI is InChI=1S/C15H20N2OS/c1-16-14(19)15(13-6-4-9-17-11-13)8-3-2-5-12(15)7-10-18/h4,6,9-12H,2-3,5,7-8H2,1H3,(H,16,19). The van der Waals surface area contributed by atoms with Crippen LogP contribution < -0.4 is 5.32 Å². The third-order valence-electron chi connectivity index (χ3n) is 4.26. The summed E-state index contributed by atoms with van der Waals surface area (Å²) < 4.78 is 0. The molecule has 1 aromatic rings. The molecule has 1 heterocycles. The van der Waals surface area contributed by atoms with Crippen molar-refractivity contribution < 1.29 is 4.79 Å². The molecule has 0 saturated heterocycles. The number of pyridine rings is 1. The molecule has 2 rings (SSSR count). The number of rotatable bonds is 4. The van der Waals surface area contributed by atoms with E-state index in [1.165, 1.54) is 6.42 Å². The Bertz CT molecular complexity index is 449. The summed E-state index contributed by atoms with van der Waals surface area (Å²) in [6.45, 7) is 0. The van der Waals surface area contributed by atoms with E-state index in [4.69, 9.17) is 12.2 Å². The van der Waals surface area contributed by atoms with Gasteiger partial charge in [-0.1, -0.05) is 31.1 Å². The van der Waals surface area contributed by atoms with Crippen LogP contribution in [-0.2, 0) is 10.2 Å². The highest BCUT2D eigenvalue weighted by Crippen LogP contribution is 2.45. The Kier molecular flexibility index (Phi) is 4.64. The van der Waals surface area contributed by atoms with Gasteiger partial charge in [0.2, 0.25) is 0 Å². The van der Waals surface area contributed by atoms with Crippen molar-refractivity contribution in [3.05, 3.63) is 30.1 Å². The van der Waals surface area contributed by atoms with Gasteiger partial charge in [0.15, 0.2) is 0 Å². The summed E-state index contributed by atoms with van der Waals surface area (Å²) in [4.78, 5) is 16.1. The van der Waals surface area contributed by atoms with Gasteiger partial charge >= 0.3 is 0 Å². The summed E-state index contributed by atoms with van der Waals surface area (Å²) in [5.74, 6) is 0.280. The van der Waals surface area contributed by atoms with Crippen LogP contribution in [0.4, 0.5) is 0 Å². The Morgan fingerprint density at radius 2 is 2.47 bits per heavy atom. The molecule has 1 aromatic heterocycles. The molecule has 2 unspecified atom stereocenters. The zero-order valence-electron chi connectivity index (χ0n) is 11.3. The molecular formula is C15H20N2OS. The zero-order chi connectivity index (χ0) is 13.7. The second-order valence-corrected chi connectivity index (χ2v) is 5.55. The van der Waals surface area contributed by atoms with E-state index < -0.39 is 0 Å². The molecule has 0 aliphatic heterocycles. The van der Waals surface area contributed by atoms with E-state index in [-0.39, 0.29) is 11.3 Å². The van der Waals surface area contributed by atoms with Gasteiger partial charge in [-0.25, -0.2) is 0 Å². The first kappa shape index (κ1) is 14.1. The van der Waals surface area contributed by atoms with Gasteiger partial charge in [0.25, 0.3) is 0 Å². The fourth-order valence-corrected chi connectivity index (χ4v) is 3.73. The Labute approximate surface area is 119 Å². The molecular weight excluding hydrogens is 256 g/mol. The summed E-state index contributed by atoms with van der Waals surface area (Å²) in [5, 5.41) is 3.15. The van der Waals surface area contributed by atoms with Crippen LogP contribution in [0.25, 0.3) is 0 Å². The second-order valence-electron chi connectivity index (χ2n) is 5.14. The van der Waals surface area contributed by atoms with E-state index in [1.807, 2.05) is 19.3 Å². The molecule has 0 bridgehead atoms. The molecule has 19 heavy (non-hydrogen) atoms. The fourth-order valence-electron chi connectivity index (χ4n) is 3.34. The van der Waals surface area contributed by atoms with E-state index >= 15 is 0 Å². The van der Waals surface area contributed by atoms with Crippen LogP contribution in [0, 0.1) is 5.92 Å². The lowest BCUT2D eigenvalue weighted by Gasteiger charge is -2.44. The van der Waals surface area contributed by atoms with Gasteiger partial charge in [-0.15, -0.1) is 0 Å². The number of thiocarbonyl (C=S) groups is 1. The Morgan fingerprint density at radius 3 is 3.11 bits per heavy atom. The molecule has 2 atom stereocenters. The largest absolute Gasteiger partial charge is 0.382 e. The molecule has 102 valence electrons. The first-order valence-corrected chi connectivity index (χ1v) is 7.23. The van der Waals surface area contributed by atoms with Crippen LogP contribution in [0.1, 0.15) is 37.7 Å². The smallest absolute Gasteiger partial charge is 0.120 e. The normalized spacial score (nSPS) is 26.7. The number of hydrogen-bond acceptors (Lipinski definition) is 3. The molecule has 0 aromatic carbocycles. The Balaban J connectivity index is 2.48. The topological polar surface area (TPSA) is 42.0 Å². The van der Waals surface area contributed by atoms with Crippen LogP contribution in [0.15, 0.2) is 24.5 Å². The molecule has 4 heteroatoms. The van der Waals surface area contributed by atoms with Crippen LogP contribution in [0.2, 0.25) is 0 Å². The van der Waals surface area contributed by atoms with Crippen molar-refractivity contribution in [3.8, 4) is 0 Å². The summed E-state index contributed by atoms with van der Waals surface area (Å²) in [5.41, 5.74) is 0.915. The van der Waals surface area contributed by atoms with Crippen LogP contribution in [0.3, 0.4) is 0 Å². The number of nitrogens with one attached hydrogen (secondary N) is 1. The first-order valence-electron chi connectivity index (χ1n) is 6.82. The average molecular weight is 276 g/mol. The number of likely N-dealkylation sites (N-methyl/N-ethyl adjacent to an activating group) is 1. The molecule has 1 N–H and O–H groups in total. The molecule has 0 spiro atoms. The first-order chi connectivity index (χ1) is 9.25. The van der Waals surface area contributed by atoms with E-state index in [0.717, 1.165) is 36.1 Å². The molecule has 1 fully saturated rings. The Morgan fingerprint density at radius 1 is 1.63 bits per heavy atom. The minimum absolute atomic E-state index is 0.225. The molecule has 0 radical (unpaired) electrons. The maximum absolute atomic E-state index is 11.0. The van der Waals surface area contributed by atoms with Crippen LogP contribution >= 0.6 is 12.2 Å². The summed E-state index contributed by atoms with van der Waals surface area (Å²) in [7, 11) is 1.87. The number of nitrogens with zero attached hydrogens (tertiary/aromatic N) is 1. The van der Waals surface area contributed by atoms with Crippen molar-refractivity contribution in [1.82, 2.24) is 10.3 Å². The molecule has 1 aliphatic carbocycles. The van der Waals surface area contributed by atoms with E-state index in [2.05, 4.69) is 16.4 Å². The lowest BCUT2D eigenvalue weighted by atomic mass is 9.61. The minimum Gasteiger partial charge on any atom is -0.382 e. The van der Waals surface area contributed by atoms with Crippen molar-refractivity contribution in [2.45, 2.75) is 37.5 Å². The number of carbonyl (C=O) groups excluding carboxylic acids is 1. The van der Waals surface area contributed by atoms with Gasteiger partial charge in [0.1, 0.15) is 6.29 Å². The van der Waals surface area contributed by atoms with Gasteiger partial charge < -0.3 is 10.1 Å². The lowest BCUT2D eigenvalue weighted by Crippen LogP contribution is -2.49. The van der Waals surface area contributed by atoms with Crippen molar-refractivity contribution >= 4 is 23.5 Å². The SMILES string of the molecule is CNC(=S)C1(c2cccnc2)CCCCC1CC=O. The van der Waals surface area contributed by atoms with Crippen LogP contribution in [-0.4, -0.2) is 23.3 Å². The maximum atomic E-state index is 11.0. The monoisotopic (exact) mass is 276 g/mol. The second kappa shape index (κ2) is 6.24. The average Bonchev–Trinajstić information content (AvgIpc) is 2.48. The third kappa shape index (κ3) is 2.54. The van der Waals surface area contributed by atoms with Crippen molar-refractivity contribution in [2.24, 2.45) is 5.92 Å². The van der Waals surface area contributed by atoms with E-state index in [1.54, 1.807) is 6.20 Å². The lowest BCUT2D eigenvalue weighted by molar-refractivity contribution is -0.109. The summed E-state index contributed by atoms with van der Waals surface area (Å²) >= 11 is 5.61. The number of aromatic nitrogens is 1. The third-order valence-corrected chi connectivity index (χ3v) is 4.83. The van der Waals surface area contributed by atoms with Crippen LogP contribution in [0.5, 0.6) is 0 Å². The van der Waals surface area contributed by atoms with Gasteiger partial charge in [0, 0.05) is 25.9 Å². The van der Waals surface area contributed by atoms with Gasteiger partial charge in [-0.2, -0.15) is 0 Å². The molecule has 3 nitrogen and oxygen atoms in total. The highest BCUT2D eigenvalue weighted by Gasteiger charge is 2.45. The van der Waals surface area contributed by atoms with Crippen molar-refractivity contribution in [2.75, 3.05) is 7.05 Å². The van der Waals surface area contributed by atoms with Gasteiger partial charge in [0.05, 0.1) is 10.4 Å². The summed E-state index contributed by atoms with van der Waals surface area (Å²) in [6, 6.07) is 4.03. The predicted octanol–water partition coefficient (Wildman–Crippen LogP) is 2.65. The van der Waals surface area contributed by atoms with Gasteiger partial charge in [-0.05, 0) is 30.4 Å². The molecule has 1 saturated carbocycles. The minimum atomic E-state index is -0.225. The number of carbonyl (C=O) groups is 1. The molecule has 0 amide bonds. The van der Waals surface area contributed by atoms with E-state index in [9.17, 15) is 4.79 Å². The molecule has 1 aliphatic rings. The van der Waals surface area contributed by atoms with E-state index in [0.29, 0.717) is 6.42 Å². The zero-order valence-corrected chi connectivity index (χ0v) is 12.1. The Hall–Kier alpha value is -1.29. The predicted molar refractivity (Wildman–Crippen MR) is 80.2 cm³/mol. The van der Waals surface area contributed by atoms with Crippen molar-refractivity contribution in [1.29, 1.82) is 0 Å². The fraction of sp³-hybridized carbons (Fsp3) is 0.533. The van der Waals surface area contributed by atoms with Crippen molar-refractivity contribution in [3.63, 3.8) is 0 Å². The number of aldehydes is 1. The van der Waals surface area contributed by atoms with Gasteiger partial charge in [-0.3, -0.25) is 4.98 Å².